The van der Waals surface area contributed by atoms with Crippen molar-refractivity contribution >= 4 is 27.6 Å². The van der Waals surface area contributed by atoms with Crippen molar-refractivity contribution in [2.75, 3.05) is 17.6 Å². The first kappa shape index (κ1) is 10.9. The predicted molar refractivity (Wildman–Crippen MR) is 64.9 cm³/mol. The molecule has 0 aliphatic heterocycles. The number of nitrogens with zero attached hydrogens (tertiary/aromatic N) is 4. The number of rotatable bonds is 4. The van der Waals surface area contributed by atoms with Crippen LogP contribution in [-0.4, -0.2) is 26.1 Å². The van der Waals surface area contributed by atoms with E-state index in [-0.39, 0.29) is 0 Å². The molecule has 0 amide bonds. The average Bonchev–Trinajstić information content (AvgIpc) is 2.77. The minimum absolute atomic E-state index is 0.431. The van der Waals surface area contributed by atoms with E-state index in [0.29, 0.717) is 16.1 Å². The maximum absolute atomic E-state index is 5.63. The highest BCUT2D eigenvalue weighted by Crippen LogP contribution is 2.23. The Morgan fingerprint density at radius 3 is 3.06 bits per heavy atom. The topological polar surface area (TPSA) is 81.6 Å². The molecule has 0 fully saturated rings. The minimum atomic E-state index is 0.431. The second-order valence-corrected chi connectivity index (χ2v) is 3.94. The fraction of sp³-hybridized carbons (Fsp3) is 0.222. The fourth-order valence-corrected chi connectivity index (χ4v) is 1.57. The third-order valence-electron chi connectivity index (χ3n) is 2.04. The van der Waals surface area contributed by atoms with Crippen LogP contribution in [0.3, 0.4) is 0 Å². The van der Waals surface area contributed by atoms with Crippen molar-refractivity contribution in [1.82, 2.24) is 19.5 Å². The van der Waals surface area contributed by atoms with Gasteiger partial charge in [-0.3, -0.25) is 0 Å². The molecule has 7 heteroatoms. The molecule has 2 heterocycles. The lowest BCUT2D eigenvalue weighted by molar-refractivity contribution is 0.725. The molecule has 0 radical (unpaired) electrons. The van der Waals surface area contributed by atoms with Crippen LogP contribution in [0.4, 0.5) is 11.6 Å². The van der Waals surface area contributed by atoms with Gasteiger partial charge < -0.3 is 15.6 Å². The summed E-state index contributed by atoms with van der Waals surface area (Å²) in [5.41, 5.74) is 5.63. The lowest BCUT2D eigenvalue weighted by Gasteiger charge is -2.08. The highest BCUT2D eigenvalue weighted by atomic mass is 79.9. The highest BCUT2D eigenvalue weighted by molar-refractivity contribution is 9.10. The predicted octanol–water partition coefficient (Wildman–Crippen LogP) is 1.13. The Hall–Kier alpha value is -1.63. The number of aromatic nitrogens is 4. The molecule has 16 heavy (non-hydrogen) atoms. The van der Waals surface area contributed by atoms with Gasteiger partial charge in [0.05, 0.1) is 6.33 Å². The van der Waals surface area contributed by atoms with Gasteiger partial charge in [0.2, 0.25) is 0 Å². The summed E-state index contributed by atoms with van der Waals surface area (Å²) in [7, 11) is 0. The van der Waals surface area contributed by atoms with Crippen LogP contribution in [0, 0.1) is 0 Å². The van der Waals surface area contributed by atoms with E-state index in [1.54, 1.807) is 12.5 Å². The quantitative estimate of drug-likeness (QED) is 0.879. The van der Waals surface area contributed by atoms with E-state index in [1.165, 1.54) is 6.33 Å². The van der Waals surface area contributed by atoms with Crippen molar-refractivity contribution in [2.24, 2.45) is 0 Å². The number of anilines is 2. The Labute approximate surface area is 101 Å². The smallest absolute Gasteiger partial charge is 0.146 e. The van der Waals surface area contributed by atoms with Gasteiger partial charge in [0, 0.05) is 25.5 Å². The van der Waals surface area contributed by atoms with Gasteiger partial charge in [0.25, 0.3) is 0 Å². The van der Waals surface area contributed by atoms with Crippen molar-refractivity contribution in [3.8, 4) is 0 Å². The van der Waals surface area contributed by atoms with Crippen LogP contribution in [0.1, 0.15) is 0 Å². The summed E-state index contributed by atoms with van der Waals surface area (Å²) in [4.78, 5) is 11.9. The number of halogens is 1. The molecule has 0 spiro atoms. The molecule has 0 aromatic carbocycles. The normalized spacial score (nSPS) is 10.3. The van der Waals surface area contributed by atoms with Gasteiger partial charge in [0.15, 0.2) is 0 Å². The summed E-state index contributed by atoms with van der Waals surface area (Å²) in [6.45, 7) is 1.56. The van der Waals surface area contributed by atoms with Crippen molar-refractivity contribution in [2.45, 2.75) is 6.54 Å². The summed E-state index contributed by atoms with van der Waals surface area (Å²) in [6.07, 6.45) is 6.86. The number of imidazole rings is 1. The summed E-state index contributed by atoms with van der Waals surface area (Å²) in [6, 6.07) is 0. The zero-order chi connectivity index (χ0) is 11.4. The summed E-state index contributed by atoms with van der Waals surface area (Å²) < 4.78 is 2.67. The van der Waals surface area contributed by atoms with Crippen LogP contribution < -0.4 is 11.1 Å². The molecule has 0 saturated carbocycles. The second-order valence-electron chi connectivity index (χ2n) is 3.15. The van der Waals surface area contributed by atoms with E-state index in [0.717, 1.165) is 13.1 Å². The van der Waals surface area contributed by atoms with Crippen LogP contribution in [0.5, 0.6) is 0 Å². The molecule has 2 aromatic rings. The molecule has 6 nitrogen and oxygen atoms in total. The van der Waals surface area contributed by atoms with Gasteiger partial charge in [0.1, 0.15) is 22.4 Å². The van der Waals surface area contributed by atoms with Crippen LogP contribution in [-0.2, 0) is 6.54 Å². The lowest BCUT2D eigenvalue weighted by Crippen LogP contribution is -2.11. The van der Waals surface area contributed by atoms with E-state index in [2.05, 4.69) is 36.2 Å². The first-order valence-electron chi connectivity index (χ1n) is 4.73. The molecule has 0 atom stereocenters. The van der Waals surface area contributed by atoms with Crippen molar-refractivity contribution in [1.29, 1.82) is 0 Å². The Bertz CT molecular complexity index is 455. The monoisotopic (exact) mass is 282 g/mol. The minimum Gasteiger partial charge on any atom is -0.383 e. The molecule has 0 unspecified atom stereocenters. The molecule has 0 bridgehead atoms. The maximum Gasteiger partial charge on any atom is 0.146 e. The van der Waals surface area contributed by atoms with E-state index in [9.17, 15) is 0 Å². The SMILES string of the molecule is Nc1ncnc(NCCn2ccnc2)c1Br. The van der Waals surface area contributed by atoms with Crippen molar-refractivity contribution in [3.05, 3.63) is 29.5 Å². The molecule has 0 aliphatic rings. The zero-order valence-corrected chi connectivity index (χ0v) is 10.1. The third-order valence-corrected chi connectivity index (χ3v) is 2.82. The highest BCUT2D eigenvalue weighted by Gasteiger charge is 2.04. The molecule has 0 aliphatic carbocycles. The van der Waals surface area contributed by atoms with Gasteiger partial charge >= 0.3 is 0 Å². The molecule has 3 N–H and O–H groups in total. The largest absolute Gasteiger partial charge is 0.383 e. The maximum atomic E-state index is 5.63. The Balaban J connectivity index is 1.92. The van der Waals surface area contributed by atoms with Crippen LogP contribution in [0.15, 0.2) is 29.5 Å². The number of nitrogens with two attached hydrogens (primary N) is 1. The van der Waals surface area contributed by atoms with Crippen LogP contribution in [0.25, 0.3) is 0 Å². The summed E-state index contributed by atoms with van der Waals surface area (Å²) in [5, 5.41) is 3.17. The summed E-state index contributed by atoms with van der Waals surface area (Å²) in [5.74, 6) is 1.13. The average molecular weight is 283 g/mol. The molecule has 0 saturated heterocycles. The first-order valence-corrected chi connectivity index (χ1v) is 5.52. The van der Waals surface area contributed by atoms with Crippen molar-refractivity contribution < 1.29 is 0 Å². The van der Waals surface area contributed by atoms with E-state index in [1.807, 2.05) is 10.8 Å². The van der Waals surface area contributed by atoms with Gasteiger partial charge in [-0.2, -0.15) is 0 Å². The number of hydrogen-bond acceptors (Lipinski definition) is 5. The van der Waals surface area contributed by atoms with Crippen LogP contribution in [0.2, 0.25) is 0 Å². The Kier molecular flexibility index (Phi) is 3.35. The molecular weight excluding hydrogens is 272 g/mol. The Morgan fingerprint density at radius 1 is 1.44 bits per heavy atom. The number of nitrogens with one attached hydrogen (secondary N) is 1. The number of nitrogen functional groups attached to an aromatic ring is 1. The van der Waals surface area contributed by atoms with E-state index in [4.69, 9.17) is 5.73 Å². The van der Waals surface area contributed by atoms with Gasteiger partial charge in [-0.25, -0.2) is 15.0 Å². The summed E-state index contributed by atoms with van der Waals surface area (Å²) >= 11 is 3.33. The van der Waals surface area contributed by atoms with Gasteiger partial charge in [-0.15, -0.1) is 0 Å². The number of hydrogen-bond donors (Lipinski definition) is 2. The fourth-order valence-electron chi connectivity index (χ4n) is 1.23. The lowest BCUT2D eigenvalue weighted by atomic mass is 10.5. The van der Waals surface area contributed by atoms with Gasteiger partial charge in [-0.05, 0) is 15.9 Å². The van der Waals surface area contributed by atoms with Gasteiger partial charge in [-0.1, -0.05) is 0 Å². The third kappa shape index (κ3) is 2.48. The molecule has 84 valence electrons. The van der Waals surface area contributed by atoms with E-state index >= 15 is 0 Å². The zero-order valence-electron chi connectivity index (χ0n) is 8.47. The molecule has 2 rings (SSSR count). The standard InChI is InChI=1S/C9H11BrN6/c10-7-8(11)14-5-15-9(7)13-2-4-16-3-1-12-6-16/h1,3,5-6H,2,4H2,(H3,11,13,14,15). The molecule has 2 aromatic heterocycles. The van der Waals surface area contributed by atoms with Crippen LogP contribution >= 0.6 is 15.9 Å². The van der Waals surface area contributed by atoms with E-state index < -0.39 is 0 Å². The Morgan fingerprint density at radius 2 is 2.31 bits per heavy atom. The molecular formula is C9H11BrN6. The van der Waals surface area contributed by atoms with Crippen molar-refractivity contribution in [3.63, 3.8) is 0 Å². The second kappa shape index (κ2) is 4.93. The first-order chi connectivity index (χ1) is 7.77.